The summed E-state index contributed by atoms with van der Waals surface area (Å²) in [5.41, 5.74) is -0.0170. The fourth-order valence-electron chi connectivity index (χ4n) is 1.55. The summed E-state index contributed by atoms with van der Waals surface area (Å²) in [7, 11) is 1.75. The molecule has 2 heteroatoms. The maximum Gasteiger partial charge on any atom is 0.0622 e. The van der Waals surface area contributed by atoms with Crippen molar-refractivity contribution in [1.82, 2.24) is 0 Å². The largest absolute Gasteiger partial charge is 0.393 e. The van der Waals surface area contributed by atoms with Crippen molar-refractivity contribution < 1.29 is 9.84 Å². The molecule has 0 spiro atoms. The third kappa shape index (κ3) is 5.61. The molecule has 2 nitrogen and oxygen atoms in total. The zero-order chi connectivity index (χ0) is 11.2. The molecule has 86 valence electrons. The first kappa shape index (κ1) is 13.9. The Kier molecular flexibility index (Phi) is 6.38. The first-order valence-corrected chi connectivity index (χ1v) is 5.66. The van der Waals surface area contributed by atoms with Gasteiger partial charge in [-0.25, -0.2) is 0 Å². The molecule has 0 rings (SSSR count). The zero-order valence-corrected chi connectivity index (χ0v) is 10.3. The van der Waals surface area contributed by atoms with Gasteiger partial charge in [0.2, 0.25) is 0 Å². The average molecular weight is 202 g/mol. The molecule has 0 unspecified atom stereocenters. The van der Waals surface area contributed by atoms with Crippen molar-refractivity contribution in [2.75, 3.05) is 7.11 Å². The minimum atomic E-state index is -0.138. The van der Waals surface area contributed by atoms with Gasteiger partial charge in [0, 0.05) is 7.11 Å². The fourth-order valence-corrected chi connectivity index (χ4v) is 1.55. The summed E-state index contributed by atoms with van der Waals surface area (Å²) in [6.07, 6.45) is 3.99. The number of aliphatic hydroxyl groups is 1. The summed E-state index contributed by atoms with van der Waals surface area (Å²) in [4.78, 5) is 0. The van der Waals surface area contributed by atoms with Crippen LogP contribution in [0.4, 0.5) is 0 Å². The Hall–Kier alpha value is -0.0800. The van der Waals surface area contributed by atoms with Gasteiger partial charge in [0.25, 0.3) is 0 Å². The van der Waals surface area contributed by atoms with E-state index in [1.54, 1.807) is 7.11 Å². The topological polar surface area (TPSA) is 29.5 Å². The highest BCUT2D eigenvalue weighted by atomic mass is 16.5. The van der Waals surface area contributed by atoms with E-state index in [0.717, 1.165) is 25.7 Å². The van der Waals surface area contributed by atoms with Crippen molar-refractivity contribution in [2.45, 2.75) is 65.1 Å². The van der Waals surface area contributed by atoms with Crippen molar-refractivity contribution >= 4 is 0 Å². The Labute approximate surface area is 88.7 Å². The highest BCUT2D eigenvalue weighted by molar-refractivity contribution is 4.70. The third-order valence-electron chi connectivity index (χ3n) is 3.07. The van der Waals surface area contributed by atoms with E-state index >= 15 is 0 Å². The Morgan fingerprint density at radius 1 is 1.36 bits per heavy atom. The molecule has 0 radical (unpaired) electrons. The van der Waals surface area contributed by atoms with E-state index in [1.807, 2.05) is 6.92 Å². The Morgan fingerprint density at radius 3 is 2.36 bits per heavy atom. The quantitative estimate of drug-likeness (QED) is 0.687. The summed E-state index contributed by atoms with van der Waals surface area (Å²) in [6.45, 7) is 8.36. The molecule has 0 bridgehead atoms. The van der Waals surface area contributed by atoms with E-state index in [1.165, 1.54) is 0 Å². The standard InChI is InChI=1S/C12H26O2/c1-6-11(13)10(2)8-7-9-12(3,4)14-5/h10-11,13H,6-9H2,1-5H3/t10-,11+/m1/s1. The molecule has 0 aliphatic heterocycles. The summed E-state index contributed by atoms with van der Waals surface area (Å²) in [5.74, 6) is 0.410. The summed E-state index contributed by atoms with van der Waals surface area (Å²) >= 11 is 0. The van der Waals surface area contributed by atoms with Crippen LogP contribution in [0.3, 0.4) is 0 Å². The van der Waals surface area contributed by atoms with Crippen molar-refractivity contribution in [3.05, 3.63) is 0 Å². The molecule has 0 aliphatic carbocycles. The molecule has 1 N–H and O–H groups in total. The van der Waals surface area contributed by atoms with Gasteiger partial charge in [-0.2, -0.15) is 0 Å². The normalized spacial score (nSPS) is 16.7. The van der Waals surface area contributed by atoms with Crippen molar-refractivity contribution in [2.24, 2.45) is 5.92 Å². The molecule has 0 fully saturated rings. The smallest absolute Gasteiger partial charge is 0.0622 e. The molecule has 14 heavy (non-hydrogen) atoms. The first-order chi connectivity index (χ1) is 6.43. The van der Waals surface area contributed by atoms with E-state index < -0.39 is 0 Å². The molecule has 2 atom stereocenters. The van der Waals surface area contributed by atoms with E-state index in [-0.39, 0.29) is 11.7 Å². The monoisotopic (exact) mass is 202 g/mol. The predicted octanol–water partition coefficient (Wildman–Crippen LogP) is 2.99. The van der Waals surface area contributed by atoms with Gasteiger partial charge in [-0.1, -0.05) is 20.3 Å². The summed E-state index contributed by atoms with van der Waals surface area (Å²) in [5, 5.41) is 9.58. The molecule has 0 heterocycles. The molecule has 0 saturated carbocycles. The lowest BCUT2D eigenvalue weighted by atomic mass is 9.93. The molecular weight excluding hydrogens is 176 g/mol. The first-order valence-electron chi connectivity index (χ1n) is 5.66. The predicted molar refractivity (Wildman–Crippen MR) is 60.4 cm³/mol. The van der Waals surface area contributed by atoms with E-state index in [0.29, 0.717) is 5.92 Å². The van der Waals surface area contributed by atoms with Gasteiger partial charge in [-0.15, -0.1) is 0 Å². The van der Waals surface area contributed by atoms with Crippen LogP contribution in [0, 0.1) is 5.92 Å². The second-order valence-corrected chi connectivity index (χ2v) is 4.81. The Balaban J connectivity index is 3.63. The molecule has 0 aromatic rings. The van der Waals surface area contributed by atoms with Gasteiger partial charge in [0.05, 0.1) is 11.7 Å². The van der Waals surface area contributed by atoms with Crippen molar-refractivity contribution in [3.8, 4) is 0 Å². The van der Waals surface area contributed by atoms with Gasteiger partial charge in [-0.3, -0.25) is 0 Å². The van der Waals surface area contributed by atoms with Crippen molar-refractivity contribution in [3.63, 3.8) is 0 Å². The molecule has 0 aromatic carbocycles. The van der Waals surface area contributed by atoms with Crippen LogP contribution in [-0.2, 0) is 4.74 Å². The van der Waals surface area contributed by atoms with Gasteiger partial charge in [-0.05, 0) is 39.0 Å². The van der Waals surface area contributed by atoms with E-state index in [4.69, 9.17) is 4.74 Å². The minimum Gasteiger partial charge on any atom is -0.393 e. The fraction of sp³-hybridized carbons (Fsp3) is 1.00. The van der Waals surface area contributed by atoms with Crippen molar-refractivity contribution in [1.29, 1.82) is 0 Å². The molecule has 0 saturated heterocycles. The lowest BCUT2D eigenvalue weighted by Crippen LogP contribution is -2.23. The van der Waals surface area contributed by atoms with Crippen LogP contribution >= 0.6 is 0 Å². The second kappa shape index (κ2) is 6.41. The van der Waals surface area contributed by atoms with E-state index in [2.05, 4.69) is 20.8 Å². The number of hydrogen-bond acceptors (Lipinski definition) is 2. The number of methoxy groups -OCH3 is 1. The van der Waals surface area contributed by atoms with Crippen LogP contribution in [0.5, 0.6) is 0 Å². The Morgan fingerprint density at radius 2 is 1.93 bits per heavy atom. The van der Waals surface area contributed by atoms with Gasteiger partial charge in [0.15, 0.2) is 0 Å². The lowest BCUT2D eigenvalue weighted by molar-refractivity contribution is 0.0106. The zero-order valence-electron chi connectivity index (χ0n) is 10.3. The average Bonchev–Trinajstić information content (AvgIpc) is 2.16. The van der Waals surface area contributed by atoms with Gasteiger partial charge < -0.3 is 9.84 Å². The van der Waals surface area contributed by atoms with Gasteiger partial charge >= 0.3 is 0 Å². The van der Waals surface area contributed by atoms with Crippen LogP contribution in [0.15, 0.2) is 0 Å². The highest BCUT2D eigenvalue weighted by Crippen LogP contribution is 2.21. The van der Waals surface area contributed by atoms with Gasteiger partial charge in [0.1, 0.15) is 0 Å². The molecular formula is C12H26O2. The molecule has 0 aliphatic rings. The molecule has 0 aromatic heterocycles. The minimum absolute atomic E-state index is 0.0170. The van der Waals surface area contributed by atoms with Crippen LogP contribution in [0.25, 0.3) is 0 Å². The second-order valence-electron chi connectivity index (χ2n) is 4.81. The maximum absolute atomic E-state index is 9.58. The molecule has 0 amide bonds. The number of rotatable bonds is 7. The van der Waals surface area contributed by atoms with Crippen LogP contribution in [-0.4, -0.2) is 23.9 Å². The van der Waals surface area contributed by atoms with E-state index in [9.17, 15) is 5.11 Å². The lowest BCUT2D eigenvalue weighted by Gasteiger charge is -2.24. The Bertz CT molecular complexity index is 143. The SMILES string of the molecule is CC[C@H](O)[C@H](C)CCCC(C)(C)OC. The summed E-state index contributed by atoms with van der Waals surface area (Å²) < 4.78 is 5.34. The third-order valence-corrected chi connectivity index (χ3v) is 3.07. The number of ether oxygens (including phenoxy) is 1. The van der Waals surface area contributed by atoms with Crippen LogP contribution in [0.1, 0.15) is 53.4 Å². The number of hydrogen-bond donors (Lipinski definition) is 1. The summed E-state index contributed by atoms with van der Waals surface area (Å²) in [6, 6.07) is 0. The highest BCUT2D eigenvalue weighted by Gasteiger charge is 2.17. The van der Waals surface area contributed by atoms with Crippen LogP contribution in [0.2, 0.25) is 0 Å². The maximum atomic E-state index is 9.58. The van der Waals surface area contributed by atoms with Crippen LogP contribution < -0.4 is 0 Å². The number of aliphatic hydroxyl groups excluding tert-OH is 1.